The zero-order valence-electron chi connectivity index (χ0n) is 7.87. The molecule has 0 atom stereocenters. The van der Waals surface area contributed by atoms with Crippen molar-refractivity contribution in [2.24, 2.45) is 5.84 Å². The molecule has 3 N–H and O–H groups in total. The molecule has 6 heteroatoms. The fraction of sp³-hybridized carbons (Fsp3) is 0.714. The Morgan fingerprint density at radius 1 is 1.54 bits per heavy atom. The molecular formula is C7H15N3O3. The Labute approximate surface area is 77.0 Å². The summed E-state index contributed by atoms with van der Waals surface area (Å²) in [5, 5.41) is 0. The van der Waals surface area contributed by atoms with E-state index in [1.54, 1.807) is 0 Å². The fourth-order valence-corrected chi connectivity index (χ4v) is 0.580. The topological polar surface area (TPSA) is 84.7 Å². The number of nitrogens with zero attached hydrogens (tertiary/aromatic N) is 1. The summed E-state index contributed by atoms with van der Waals surface area (Å²) in [5.74, 6) is 4.82. The van der Waals surface area contributed by atoms with Crippen molar-refractivity contribution in [2.75, 3.05) is 13.7 Å². The maximum absolute atomic E-state index is 11.0. The number of imide groups is 1. The summed E-state index contributed by atoms with van der Waals surface area (Å²) in [4.78, 5) is 22.6. The lowest BCUT2D eigenvalue weighted by molar-refractivity contribution is 0.115. The number of urea groups is 1. The van der Waals surface area contributed by atoms with Crippen LogP contribution < -0.4 is 11.3 Å². The number of hydrazine groups is 1. The van der Waals surface area contributed by atoms with Gasteiger partial charge in [0.1, 0.15) is 0 Å². The van der Waals surface area contributed by atoms with Gasteiger partial charge in [-0.25, -0.2) is 20.3 Å². The molecule has 0 rings (SSSR count). The number of hydrogen-bond donors (Lipinski definition) is 2. The van der Waals surface area contributed by atoms with Gasteiger partial charge in [0.25, 0.3) is 0 Å². The summed E-state index contributed by atoms with van der Waals surface area (Å²) in [6.45, 7) is 2.29. The molecule has 0 aliphatic carbocycles. The second-order valence-corrected chi connectivity index (χ2v) is 2.48. The number of rotatable bonds is 3. The molecule has 0 unspecified atom stereocenters. The standard InChI is InChI=1S/C7H15N3O3/c1-3-4-5-13-7(12)10(2)6(11)9-8/h3-5,8H2,1-2H3,(H,9,11). The molecule has 0 aliphatic heterocycles. The van der Waals surface area contributed by atoms with Gasteiger partial charge in [0.2, 0.25) is 0 Å². The third-order valence-electron chi connectivity index (χ3n) is 1.43. The van der Waals surface area contributed by atoms with E-state index in [0.29, 0.717) is 6.61 Å². The van der Waals surface area contributed by atoms with Crippen LogP contribution in [-0.2, 0) is 4.74 Å². The molecule has 0 heterocycles. The molecule has 0 bridgehead atoms. The highest BCUT2D eigenvalue weighted by Crippen LogP contribution is 1.93. The van der Waals surface area contributed by atoms with E-state index in [9.17, 15) is 9.59 Å². The van der Waals surface area contributed by atoms with Gasteiger partial charge in [-0.3, -0.25) is 5.43 Å². The molecule has 0 fully saturated rings. The summed E-state index contributed by atoms with van der Waals surface area (Å²) in [6.07, 6.45) is 1.01. The first-order valence-corrected chi connectivity index (χ1v) is 4.04. The van der Waals surface area contributed by atoms with Crippen molar-refractivity contribution in [2.45, 2.75) is 19.8 Å². The third kappa shape index (κ3) is 4.32. The first-order chi connectivity index (χ1) is 6.13. The Morgan fingerprint density at radius 2 is 2.15 bits per heavy atom. The van der Waals surface area contributed by atoms with Gasteiger partial charge < -0.3 is 4.74 Å². The summed E-state index contributed by atoms with van der Waals surface area (Å²) in [5.41, 5.74) is 1.82. The minimum absolute atomic E-state index is 0.317. The van der Waals surface area contributed by atoms with Crippen LogP contribution in [0.2, 0.25) is 0 Å². The van der Waals surface area contributed by atoms with Crippen LogP contribution in [0.3, 0.4) is 0 Å². The van der Waals surface area contributed by atoms with E-state index in [4.69, 9.17) is 10.6 Å². The van der Waals surface area contributed by atoms with Crippen LogP contribution in [0.25, 0.3) is 0 Å². The molecule has 0 spiro atoms. The van der Waals surface area contributed by atoms with E-state index >= 15 is 0 Å². The normalized spacial score (nSPS) is 9.15. The molecule has 0 aromatic heterocycles. The van der Waals surface area contributed by atoms with Crippen LogP contribution in [0.5, 0.6) is 0 Å². The molecule has 0 aromatic rings. The Balaban J connectivity index is 3.76. The minimum Gasteiger partial charge on any atom is -0.449 e. The number of hydrogen-bond acceptors (Lipinski definition) is 4. The van der Waals surface area contributed by atoms with Crippen LogP contribution in [0.4, 0.5) is 9.59 Å². The molecule has 0 saturated carbocycles. The number of carbonyl (C=O) groups is 2. The van der Waals surface area contributed by atoms with Gasteiger partial charge >= 0.3 is 12.1 Å². The van der Waals surface area contributed by atoms with Gasteiger partial charge in [0.15, 0.2) is 0 Å². The number of unbranched alkanes of at least 4 members (excludes halogenated alkanes) is 1. The fourth-order valence-electron chi connectivity index (χ4n) is 0.580. The second-order valence-electron chi connectivity index (χ2n) is 2.48. The number of carbonyl (C=O) groups excluding carboxylic acids is 2. The zero-order valence-corrected chi connectivity index (χ0v) is 7.87. The predicted molar refractivity (Wildman–Crippen MR) is 46.7 cm³/mol. The Hall–Kier alpha value is -1.30. The Bertz CT molecular complexity index is 184. The van der Waals surface area contributed by atoms with Gasteiger partial charge in [0, 0.05) is 7.05 Å². The lowest BCUT2D eigenvalue weighted by Gasteiger charge is -2.13. The minimum atomic E-state index is -0.698. The van der Waals surface area contributed by atoms with E-state index in [1.165, 1.54) is 7.05 Å². The number of ether oxygens (including phenoxy) is 1. The average molecular weight is 189 g/mol. The van der Waals surface area contributed by atoms with Crippen LogP contribution in [0.15, 0.2) is 0 Å². The molecule has 13 heavy (non-hydrogen) atoms. The van der Waals surface area contributed by atoms with Crippen molar-refractivity contribution >= 4 is 12.1 Å². The quantitative estimate of drug-likeness (QED) is 0.292. The van der Waals surface area contributed by atoms with Crippen molar-refractivity contribution in [1.82, 2.24) is 10.3 Å². The van der Waals surface area contributed by atoms with Gasteiger partial charge in [-0.2, -0.15) is 0 Å². The largest absolute Gasteiger partial charge is 0.449 e. The Morgan fingerprint density at radius 3 is 2.62 bits per heavy atom. The highest BCUT2D eigenvalue weighted by atomic mass is 16.6. The van der Waals surface area contributed by atoms with Gasteiger partial charge in [-0.05, 0) is 6.42 Å². The highest BCUT2D eigenvalue weighted by molar-refractivity contribution is 5.90. The molecule has 0 saturated heterocycles. The maximum atomic E-state index is 11.0. The summed E-state index contributed by atoms with van der Waals surface area (Å²) in [7, 11) is 1.29. The summed E-state index contributed by atoms with van der Waals surface area (Å²) in [6, 6.07) is -0.693. The number of amides is 3. The van der Waals surface area contributed by atoms with Crippen molar-refractivity contribution in [3.63, 3.8) is 0 Å². The maximum Gasteiger partial charge on any atom is 0.417 e. The molecule has 0 aliphatic rings. The van der Waals surface area contributed by atoms with Crippen LogP contribution in [0.1, 0.15) is 19.8 Å². The molecule has 0 aromatic carbocycles. The van der Waals surface area contributed by atoms with Crippen LogP contribution in [0, 0.1) is 0 Å². The molecule has 6 nitrogen and oxygen atoms in total. The Kier molecular flexibility index (Phi) is 5.62. The smallest absolute Gasteiger partial charge is 0.417 e. The van der Waals surface area contributed by atoms with Gasteiger partial charge in [-0.15, -0.1) is 0 Å². The zero-order chi connectivity index (χ0) is 10.3. The van der Waals surface area contributed by atoms with E-state index in [0.717, 1.165) is 17.7 Å². The third-order valence-corrected chi connectivity index (χ3v) is 1.43. The van der Waals surface area contributed by atoms with E-state index in [-0.39, 0.29) is 0 Å². The monoisotopic (exact) mass is 189 g/mol. The second kappa shape index (κ2) is 6.24. The lowest BCUT2D eigenvalue weighted by Crippen LogP contribution is -2.44. The van der Waals surface area contributed by atoms with Gasteiger partial charge in [-0.1, -0.05) is 13.3 Å². The summed E-state index contributed by atoms with van der Waals surface area (Å²) >= 11 is 0. The summed E-state index contributed by atoms with van der Waals surface area (Å²) < 4.78 is 4.74. The van der Waals surface area contributed by atoms with E-state index in [2.05, 4.69) is 0 Å². The highest BCUT2D eigenvalue weighted by Gasteiger charge is 2.16. The van der Waals surface area contributed by atoms with Crippen molar-refractivity contribution < 1.29 is 14.3 Å². The molecule has 76 valence electrons. The number of nitrogens with one attached hydrogen (secondary N) is 1. The molecule has 0 radical (unpaired) electrons. The average Bonchev–Trinajstić information content (AvgIpc) is 2.15. The van der Waals surface area contributed by atoms with Crippen LogP contribution >= 0.6 is 0 Å². The number of nitrogens with two attached hydrogens (primary N) is 1. The van der Waals surface area contributed by atoms with E-state index < -0.39 is 12.1 Å². The van der Waals surface area contributed by atoms with E-state index in [1.807, 2.05) is 12.3 Å². The van der Waals surface area contributed by atoms with Crippen molar-refractivity contribution in [1.29, 1.82) is 0 Å². The van der Waals surface area contributed by atoms with Gasteiger partial charge in [0.05, 0.1) is 6.61 Å². The first-order valence-electron chi connectivity index (χ1n) is 4.04. The SMILES string of the molecule is CCCCOC(=O)N(C)C(=O)NN. The van der Waals surface area contributed by atoms with Crippen molar-refractivity contribution in [3.8, 4) is 0 Å². The van der Waals surface area contributed by atoms with Crippen LogP contribution in [-0.4, -0.2) is 30.7 Å². The van der Waals surface area contributed by atoms with Crippen molar-refractivity contribution in [3.05, 3.63) is 0 Å². The first kappa shape index (κ1) is 11.7. The molecular weight excluding hydrogens is 174 g/mol. The predicted octanol–water partition coefficient (Wildman–Crippen LogP) is 0.438. The lowest BCUT2D eigenvalue weighted by atomic mass is 10.4. The molecule has 3 amide bonds.